The lowest BCUT2D eigenvalue weighted by Gasteiger charge is -2.41. The van der Waals surface area contributed by atoms with Gasteiger partial charge in [0.15, 0.2) is 0 Å². The molecule has 0 aliphatic carbocycles. The van der Waals surface area contributed by atoms with Gasteiger partial charge in [0.2, 0.25) is 5.91 Å². The maximum Gasteiger partial charge on any atom is 0.228 e. The van der Waals surface area contributed by atoms with Gasteiger partial charge in [-0.25, -0.2) is 0 Å². The van der Waals surface area contributed by atoms with Gasteiger partial charge in [-0.15, -0.1) is 6.58 Å². The van der Waals surface area contributed by atoms with Gasteiger partial charge in [-0.2, -0.15) is 0 Å². The van der Waals surface area contributed by atoms with Gasteiger partial charge in [0.05, 0.1) is 0 Å². The number of carbonyl (C=O) groups is 1. The van der Waals surface area contributed by atoms with Crippen LogP contribution in [0.1, 0.15) is 19.8 Å². The van der Waals surface area contributed by atoms with E-state index in [2.05, 4.69) is 28.6 Å². The summed E-state index contributed by atoms with van der Waals surface area (Å²) in [5, 5.41) is 3.33. The highest BCUT2D eigenvalue weighted by molar-refractivity contribution is 5.82. The molecule has 4 nitrogen and oxygen atoms in total. The van der Waals surface area contributed by atoms with Gasteiger partial charge in [0, 0.05) is 38.1 Å². The highest BCUT2D eigenvalue weighted by atomic mass is 16.2. The van der Waals surface area contributed by atoms with Gasteiger partial charge in [0.1, 0.15) is 0 Å². The first-order valence-corrected chi connectivity index (χ1v) is 6.99. The normalized spacial score (nSPS) is 24.8. The Balaban J connectivity index is 1.88. The van der Waals surface area contributed by atoms with E-state index in [1.165, 1.54) is 0 Å². The van der Waals surface area contributed by atoms with Crippen molar-refractivity contribution >= 4 is 5.91 Å². The van der Waals surface area contributed by atoms with Crippen molar-refractivity contribution in [2.24, 2.45) is 5.41 Å². The van der Waals surface area contributed by atoms with Gasteiger partial charge < -0.3 is 10.2 Å². The molecule has 2 aliphatic rings. The topological polar surface area (TPSA) is 35.6 Å². The maximum absolute atomic E-state index is 12.6. The van der Waals surface area contributed by atoms with Crippen LogP contribution in [0.4, 0.5) is 0 Å². The maximum atomic E-state index is 12.6. The third-order valence-corrected chi connectivity index (χ3v) is 4.27. The van der Waals surface area contributed by atoms with E-state index in [9.17, 15) is 4.79 Å². The molecule has 1 amide bonds. The lowest BCUT2D eigenvalue weighted by molar-refractivity contribution is -0.144. The molecule has 0 bridgehead atoms. The average Bonchev–Trinajstić information content (AvgIpc) is 2.40. The molecule has 2 rings (SSSR count). The van der Waals surface area contributed by atoms with E-state index in [4.69, 9.17) is 0 Å². The zero-order valence-electron chi connectivity index (χ0n) is 11.5. The molecule has 0 aromatic rings. The van der Waals surface area contributed by atoms with Crippen LogP contribution in [0.3, 0.4) is 0 Å². The van der Waals surface area contributed by atoms with Crippen molar-refractivity contribution in [2.75, 3.05) is 45.8 Å². The quantitative estimate of drug-likeness (QED) is 0.750. The SMILES string of the molecule is C=CCN1CCN(C(=O)C2(C)CCNCC2)CC1. The van der Waals surface area contributed by atoms with Gasteiger partial charge in [-0.05, 0) is 25.9 Å². The van der Waals surface area contributed by atoms with Crippen LogP contribution in [0.15, 0.2) is 12.7 Å². The van der Waals surface area contributed by atoms with Crippen molar-refractivity contribution in [3.8, 4) is 0 Å². The molecule has 2 fully saturated rings. The lowest BCUT2D eigenvalue weighted by Crippen LogP contribution is -2.54. The molecule has 0 atom stereocenters. The van der Waals surface area contributed by atoms with Crippen molar-refractivity contribution in [1.29, 1.82) is 0 Å². The van der Waals surface area contributed by atoms with Crippen molar-refractivity contribution < 1.29 is 4.79 Å². The molecule has 0 unspecified atom stereocenters. The number of hydrogen-bond donors (Lipinski definition) is 1. The standard InChI is InChI=1S/C14H25N3O/c1-3-8-16-9-11-17(12-10-16)13(18)14(2)4-6-15-7-5-14/h3,15H,1,4-12H2,2H3. The summed E-state index contributed by atoms with van der Waals surface area (Å²) < 4.78 is 0. The van der Waals surface area contributed by atoms with Crippen LogP contribution in [0.25, 0.3) is 0 Å². The highest BCUT2D eigenvalue weighted by Crippen LogP contribution is 2.30. The second kappa shape index (κ2) is 5.85. The number of nitrogens with one attached hydrogen (secondary N) is 1. The molecule has 18 heavy (non-hydrogen) atoms. The van der Waals surface area contributed by atoms with E-state index in [0.717, 1.165) is 58.7 Å². The Morgan fingerprint density at radius 3 is 2.44 bits per heavy atom. The van der Waals surface area contributed by atoms with Crippen LogP contribution >= 0.6 is 0 Å². The summed E-state index contributed by atoms with van der Waals surface area (Å²) in [6.07, 6.45) is 3.88. The van der Waals surface area contributed by atoms with Gasteiger partial charge in [-0.3, -0.25) is 9.69 Å². The second-order valence-corrected chi connectivity index (χ2v) is 5.69. The van der Waals surface area contributed by atoms with Gasteiger partial charge in [-0.1, -0.05) is 13.0 Å². The second-order valence-electron chi connectivity index (χ2n) is 5.69. The number of rotatable bonds is 3. The third kappa shape index (κ3) is 2.93. The first-order chi connectivity index (χ1) is 8.65. The number of piperazine rings is 1. The summed E-state index contributed by atoms with van der Waals surface area (Å²) in [5.41, 5.74) is -0.133. The number of piperidine rings is 1. The number of amides is 1. The summed E-state index contributed by atoms with van der Waals surface area (Å²) in [7, 11) is 0. The fourth-order valence-electron chi connectivity index (χ4n) is 2.89. The van der Waals surface area contributed by atoms with E-state index < -0.39 is 0 Å². The van der Waals surface area contributed by atoms with Crippen LogP contribution in [-0.2, 0) is 4.79 Å². The number of carbonyl (C=O) groups excluding carboxylic acids is 1. The molecule has 2 heterocycles. The average molecular weight is 251 g/mol. The van der Waals surface area contributed by atoms with E-state index in [0.29, 0.717) is 5.91 Å². The molecule has 102 valence electrons. The molecule has 0 radical (unpaired) electrons. The lowest BCUT2D eigenvalue weighted by atomic mass is 9.79. The molecule has 0 aromatic carbocycles. The van der Waals surface area contributed by atoms with Crippen LogP contribution in [0.5, 0.6) is 0 Å². The summed E-state index contributed by atoms with van der Waals surface area (Å²) in [6.45, 7) is 12.5. The van der Waals surface area contributed by atoms with Crippen molar-refractivity contribution in [3.63, 3.8) is 0 Å². The molecule has 4 heteroatoms. The molecule has 0 saturated carbocycles. The molecule has 1 N–H and O–H groups in total. The molecular weight excluding hydrogens is 226 g/mol. The first-order valence-electron chi connectivity index (χ1n) is 6.99. The van der Waals surface area contributed by atoms with E-state index in [-0.39, 0.29) is 5.41 Å². The Kier molecular flexibility index (Phi) is 4.40. The highest BCUT2D eigenvalue weighted by Gasteiger charge is 2.38. The fraction of sp³-hybridized carbons (Fsp3) is 0.786. The van der Waals surface area contributed by atoms with Crippen LogP contribution < -0.4 is 5.32 Å². The van der Waals surface area contributed by atoms with Crippen molar-refractivity contribution in [1.82, 2.24) is 15.1 Å². The Hall–Kier alpha value is -0.870. The van der Waals surface area contributed by atoms with Gasteiger partial charge >= 0.3 is 0 Å². The molecule has 0 spiro atoms. The summed E-state index contributed by atoms with van der Waals surface area (Å²) in [5.74, 6) is 0.363. The third-order valence-electron chi connectivity index (χ3n) is 4.27. The van der Waals surface area contributed by atoms with Crippen LogP contribution in [-0.4, -0.2) is 61.5 Å². The number of nitrogens with zero attached hydrogens (tertiary/aromatic N) is 2. The minimum absolute atomic E-state index is 0.133. The van der Waals surface area contributed by atoms with Gasteiger partial charge in [0.25, 0.3) is 0 Å². The molecule has 0 aromatic heterocycles. The largest absolute Gasteiger partial charge is 0.340 e. The Bertz CT molecular complexity index is 302. The minimum atomic E-state index is -0.133. The smallest absolute Gasteiger partial charge is 0.228 e. The molecule has 2 saturated heterocycles. The summed E-state index contributed by atoms with van der Waals surface area (Å²) >= 11 is 0. The van der Waals surface area contributed by atoms with Crippen molar-refractivity contribution in [2.45, 2.75) is 19.8 Å². The Labute approximate surface area is 110 Å². The molecular formula is C14H25N3O. The Morgan fingerprint density at radius 2 is 1.89 bits per heavy atom. The van der Waals surface area contributed by atoms with Crippen LogP contribution in [0, 0.1) is 5.41 Å². The monoisotopic (exact) mass is 251 g/mol. The summed E-state index contributed by atoms with van der Waals surface area (Å²) in [4.78, 5) is 17.0. The predicted octanol–water partition coefficient (Wildman–Crippen LogP) is 0.706. The Morgan fingerprint density at radius 1 is 1.28 bits per heavy atom. The number of hydrogen-bond acceptors (Lipinski definition) is 3. The van der Waals surface area contributed by atoms with E-state index >= 15 is 0 Å². The van der Waals surface area contributed by atoms with Crippen LogP contribution in [0.2, 0.25) is 0 Å². The summed E-state index contributed by atoms with van der Waals surface area (Å²) in [6, 6.07) is 0. The first kappa shape index (κ1) is 13.6. The fourth-order valence-corrected chi connectivity index (χ4v) is 2.89. The zero-order chi connectivity index (χ0) is 13.0. The van der Waals surface area contributed by atoms with Crippen molar-refractivity contribution in [3.05, 3.63) is 12.7 Å². The predicted molar refractivity (Wildman–Crippen MR) is 73.4 cm³/mol. The minimum Gasteiger partial charge on any atom is -0.340 e. The zero-order valence-corrected chi connectivity index (χ0v) is 11.5. The van der Waals surface area contributed by atoms with E-state index in [1.54, 1.807) is 0 Å². The molecule has 2 aliphatic heterocycles. The van der Waals surface area contributed by atoms with E-state index in [1.807, 2.05) is 6.08 Å².